The van der Waals surface area contributed by atoms with Crippen LogP contribution in [0.1, 0.15) is 20.8 Å². The topological polar surface area (TPSA) is 0 Å². The highest BCUT2D eigenvalue weighted by Crippen LogP contribution is 2.14. The molecule has 0 rings (SSSR count). The summed E-state index contributed by atoms with van der Waals surface area (Å²) in [4.78, 5) is 0. The Morgan fingerprint density at radius 2 is 2.00 bits per heavy atom. The van der Waals surface area contributed by atoms with E-state index in [2.05, 4.69) is 32.9 Å². The average Bonchev–Trinajstić information content (AvgIpc) is 1.63. The molecule has 0 aromatic carbocycles. The van der Waals surface area contributed by atoms with E-state index in [9.17, 15) is 0 Å². The van der Waals surface area contributed by atoms with Crippen LogP contribution in [0.25, 0.3) is 0 Å². The maximum Gasteiger partial charge on any atom is 0.129 e. The normalized spacial score (nSPS) is 14.2. The lowest BCUT2D eigenvalue weighted by atomic mass is 9.97. The predicted octanol–water partition coefficient (Wildman–Crippen LogP) is 2.33. The molecule has 0 aromatic heterocycles. The molecule has 0 aliphatic heterocycles. The smallest absolute Gasteiger partial charge is 0.129 e. The van der Waals surface area contributed by atoms with Crippen molar-refractivity contribution in [1.82, 2.24) is 0 Å². The third-order valence-corrected chi connectivity index (χ3v) is 2.10. The summed E-state index contributed by atoms with van der Waals surface area (Å²) in [6, 6.07) is 1.12. The van der Waals surface area contributed by atoms with E-state index in [4.69, 9.17) is 11.1 Å². The van der Waals surface area contributed by atoms with Gasteiger partial charge in [-0.3, -0.25) is 0 Å². The molecule has 9 heavy (non-hydrogen) atoms. The fraction of sp³-hybridized carbons (Fsp3) is 0.714. The van der Waals surface area contributed by atoms with Gasteiger partial charge in [-0.1, -0.05) is 32.9 Å². The second-order valence-corrected chi connectivity index (χ2v) is 5.34. The minimum Gasteiger partial charge on any atom is -0.176 e. The second kappa shape index (κ2) is 4.12. The monoisotopic (exact) mass is 162 g/mol. The summed E-state index contributed by atoms with van der Waals surface area (Å²) in [5, 5.41) is 0. The molecule has 0 saturated heterocycles. The maximum absolute atomic E-state index is 5.62. The lowest BCUT2D eigenvalue weighted by Crippen LogP contribution is -1.98. The zero-order valence-corrected chi connectivity index (χ0v) is 8.62. The van der Waals surface area contributed by atoms with Gasteiger partial charge in [-0.25, -0.2) is 0 Å². The van der Waals surface area contributed by atoms with Gasteiger partial charge in [0.15, 0.2) is 0 Å². The SMILES string of the molecule is CC(C)(C)C=CC[SiH2]Cl. The van der Waals surface area contributed by atoms with Crippen molar-refractivity contribution in [2.24, 2.45) is 5.41 Å². The summed E-state index contributed by atoms with van der Waals surface area (Å²) in [5.41, 5.74) is 0.334. The molecule has 0 nitrogen and oxygen atoms in total. The molecule has 54 valence electrons. The van der Waals surface area contributed by atoms with Crippen LogP contribution in [0.3, 0.4) is 0 Å². The van der Waals surface area contributed by atoms with E-state index in [1.165, 1.54) is 0 Å². The highest BCUT2D eigenvalue weighted by Gasteiger charge is 2.01. The molecule has 0 fully saturated rings. The highest BCUT2D eigenvalue weighted by atomic mass is 35.6. The third-order valence-electron chi connectivity index (χ3n) is 0.894. The van der Waals surface area contributed by atoms with Gasteiger partial charge in [0.25, 0.3) is 0 Å². The minimum absolute atomic E-state index is 0.270. The van der Waals surface area contributed by atoms with Crippen molar-refractivity contribution >= 4 is 19.9 Å². The Kier molecular flexibility index (Phi) is 4.24. The van der Waals surface area contributed by atoms with Crippen LogP contribution >= 0.6 is 11.1 Å². The lowest BCUT2D eigenvalue weighted by Gasteiger charge is -2.10. The third kappa shape index (κ3) is 8.25. The summed E-state index contributed by atoms with van der Waals surface area (Å²) in [7, 11) is -0.270. The van der Waals surface area contributed by atoms with E-state index in [-0.39, 0.29) is 8.83 Å². The van der Waals surface area contributed by atoms with Crippen molar-refractivity contribution in [3.63, 3.8) is 0 Å². The summed E-state index contributed by atoms with van der Waals surface area (Å²) in [6.07, 6.45) is 4.42. The zero-order valence-electron chi connectivity index (χ0n) is 6.45. The second-order valence-electron chi connectivity index (χ2n) is 3.25. The van der Waals surface area contributed by atoms with Crippen molar-refractivity contribution in [3.8, 4) is 0 Å². The molecular weight excluding hydrogens is 148 g/mol. The summed E-state index contributed by atoms with van der Waals surface area (Å²) >= 11 is 5.62. The summed E-state index contributed by atoms with van der Waals surface area (Å²) in [6.45, 7) is 6.58. The lowest BCUT2D eigenvalue weighted by molar-refractivity contribution is 0.543. The van der Waals surface area contributed by atoms with Crippen molar-refractivity contribution < 1.29 is 0 Å². The molecule has 0 N–H and O–H groups in total. The Balaban J connectivity index is 3.45. The number of hydrogen-bond acceptors (Lipinski definition) is 0. The van der Waals surface area contributed by atoms with E-state index in [0.717, 1.165) is 6.04 Å². The van der Waals surface area contributed by atoms with Gasteiger partial charge in [-0.15, -0.1) is 0 Å². The number of halogens is 1. The van der Waals surface area contributed by atoms with E-state index in [1.54, 1.807) is 0 Å². The van der Waals surface area contributed by atoms with E-state index < -0.39 is 0 Å². The fourth-order valence-electron chi connectivity index (χ4n) is 0.500. The number of hydrogen-bond donors (Lipinski definition) is 0. The van der Waals surface area contributed by atoms with Crippen molar-refractivity contribution in [3.05, 3.63) is 12.2 Å². The molecule has 0 radical (unpaired) electrons. The minimum atomic E-state index is -0.270. The molecule has 0 saturated carbocycles. The molecule has 0 aliphatic rings. The summed E-state index contributed by atoms with van der Waals surface area (Å²) in [5.74, 6) is 0. The quantitative estimate of drug-likeness (QED) is 0.332. The fourth-order valence-corrected chi connectivity index (χ4v) is 1.17. The van der Waals surface area contributed by atoms with Gasteiger partial charge in [-0.2, -0.15) is 11.1 Å². The van der Waals surface area contributed by atoms with Crippen LogP contribution < -0.4 is 0 Å². The maximum atomic E-state index is 5.62. The molecule has 0 unspecified atom stereocenters. The van der Waals surface area contributed by atoms with Crippen molar-refractivity contribution in [2.45, 2.75) is 26.8 Å². The molecular formula is C7H15ClSi. The number of rotatable bonds is 2. The van der Waals surface area contributed by atoms with E-state index >= 15 is 0 Å². The van der Waals surface area contributed by atoms with Crippen LogP contribution in [0.5, 0.6) is 0 Å². The van der Waals surface area contributed by atoms with Crippen LogP contribution in [0.4, 0.5) is 0 Å². The van der Waals surface area contributed by atoms with Crippen LogP contribution in [0, 0.1) is 5.41 Å². The molecule has 0 atom stereocenters. The van der Waals surface area contributed by atoms with E-state index in [0.29, 0.717) is 5.41 Å². The Bertz CT molecular complexity index is 91.6. The molecule has 0 aromatic rings. The van der Waals surface area contributed by atoms with Gasteiger partial charge < -0.3 is 0 Å². The first-order valence-electron chi connectivity index (χ1n) is 3.30. The Hall–Kier alpha value is 0.247. The molecule has 0 bridgehead atoms. The molecule has 2 heteroatoms. The van der Waals surface area contributed by atoms with Gasteiger partial charge in [0.2, 0.25) is 0 Å². The predicted molar refractivity (Wildman–Crippen MR) is 47.8 cm³/mol. The Labute approximate surface area is 64.8 Å². The largest absolute Gasteiger partial charge is 0.176 e. The standard InChI is InChI=1S/C7H15ClSi/c1-7(2,3)5-4-6-9-8/h4-5H,6,9H2,1-3H3. The van der Waals surface area contributed by atoms with E-state index in [1.807, 2.05) is 0 Å². The van der Waals surface area contributed by atoms with Crippen LogP contribution in [0.2, 0.25) is 6.04 Å². The van der Waals surface area contributed by atoms with Crippen molar-refractivity contribution in [2.75, 3.05) is 0 Å². The summed E-state index contributed by atoms with van der Waals surface area (Å²) < 4.78 is 0. The van der Waals surface area contributed by atoms with Crippen molar-refractivity contribution in [1.29, 1.82) is 0 Å². The average molecular weight is 163 g/mol. The van der Waals surface area contributed by atoms with Gasteiger partial charge in [0.1, 0.15) is 8.83 Å². The van der Waals surface area contributed by atoms with Gasteiger partial charge in [0.05, 0.1) is 0 Å². The number of allylic oxidation sites excluding steroid dienone is 2. The molecule has 0 aliphatic carbocycles. The first-order chi connectivity index (χ1) is 4.06. The zero-order chi connectivity index (χ0) is 7.33. The van der Waals surface area contributed by atoms with Gasteiger partial charge in [0, 0.05) is 0 Å². The first-order valence-corrected chi connectivity index (χ1v) is 6.44. The highest BCUT2D eigenvalue weighted by molar-refractivity contribution is 6.93. The molecule has 0 heterocycles. The van der Waals surface area contributed by atoms with Gasteiger partial charge >= 0.3 is 0 Å². The molecule has 0 amide bonds. The Morgan fingerprint density at radius 3 is 2.33 bits per heavy atom. The van der Waals surface area contributed by atoms with Crippen LogP contribution in [-0.4, -0.2) is 8.83 Å². The van der Waals surface area contributed by atoms with Gasteiger partial charge in [-0.05, 0) is 11.5 Å². The first kappa shape index (κ1) is 9.25. The van der Waals surface area contributed by atoms with Crippen LogP contribution in [0.15, 0.2) is 12.2 Å². The van der Waals surface area contributed by atoms with Crippen LogP contribution in [-0.2, 0) is 0 Å². The molecule has 0 spiro atoms. The Morgan fingerprint density at radius 1 is 1.44 bits per heavy atom.